The van der Waals surface area contributed by atoms with E-state index in [0.717, 1.165) is 54.0 Å². The lowest BCUT2D eigenvalue weighted by atomic mass is 10.0. The van der Waals surface area contributed by atoms with Gasteiger partial charge in [-0.05, 0) is 37.8 Å². The Bertz CT molecular complexity index is 1040. The standard InChI is InChI=1S/C21H23N5O2/c1-14-6-2-3-7-17(14)26-19-12-28-11-16(15(19)10-23-26)24-21(27)20-18-8-4-5-9-25(18)13-22-20/h2-3,6-7,10,13,16H,4-5,8-9,11-12H2,1H3,(H,24,27)/t16-/m1/s1. The number of hydrogen-bond acceptors (Lipinski definition) is 4. The number of ether oxygens (including phenoxy) is 1. The van der Waals surface area contributed by atoms with E-state index in [-0.39, 0.29) is 11.9 Å². The third-order valence-corrected chi connectivity index (χ3v) is 5.67. The van der Waals surface area contributed by atoms with Crippen LogP contribution in [0, 0.1) is 6.92 Å². The van der Waals surface area contributed by atoms with Crippen LogP contribution in [0.2, 0.25) is 0 Å². The lowest BCUT2D eigenvalue weighted by Crippen LogP contribution is -2.35. The van der Waals surface area contributed by atoms with Gasteiger partial charge in [0.2, 0.25) is 0 Å². The molecule has 144 valence electrons. The fourth-order valence-corrected chi connectivity index (χ4v) is 4.17. The van der Waals surface area contributed by atoms with Crippen LogP contribution in [-0.4, -0.2) is 31.8 Å². The van der Waals surface area contributed by atoms with Gasteiger partial charge < -0.3 is 14.6 Å². The third kappa shape index (κ3) is 2.82. The van der Waals surface area contributed by atoms with Crippen molar-refractivity contribution < 1.29 is 9.53 Å². The smallest absolute Gasteiger partial charge is 0.272 e. The fourth-order valence-electron chi connectivity index (χ4n) is 4.17. The largest absolute Gasteiger partial charge is 0.373 e. The van der Waals surface area contributed by atoms with Crippen molar-refractivity contribution in [1.29, 1.82) is 0 Å². The van der Waals surface area contributed by atoms with Crippen LogP contribution >= 0.6 is 0 Å². The van der Waals surface area contributed by atoms with Gasteiger partial charge in [-0.2, -0.15) is 5.10 Å². The molecular formula is C21H23N5O2. The van der Waals surface area contributed by atoms with Gasteiger partial charge in [0.15, 0.2) is 0 Å². The van der Waals surface area contributed by atoms with E-state index in [1.165, 1.54) is 0 Å². The molecule has 1 atom stereocenters. The second kappa shape index (κ2) is 6.91. The maximum atomic E-state index is 12.9. The summed E-state index contributed by atoms with van der Waals surface area (Å²) in [6.07, 6.45) is 6.77. The maximum Gasteiger partial charge on any atom is 0.272 e. The Hall–Kier alpha value is -2.93. The van der Waals surface area contributed by atoms with Gasteiger partial charge in [-0.1, -0.05) is 18.2 Å². The molecule has 28 heavy (non-hydrogen) atoms. The molecule has 2 aliphatic heterocycles. The number of fused-ring (bicyclic) bond motifs is 2. The Balaban J connectivity index is 1.42. The number of imidazole rings is 1. The van der Waals surface area contributed by atoms with Crippen LogP contribution in [0.25, 0.3) is 5.69 Å². The highest BCUT2D eigenvalue weighted by molar-refractivity contribution is 5.93. The van der Waals surface area contributed by atoms with E-state index < -0.39 is 0 Å². The number of aryl methyl sites for hydroxylation is 2. The minimum Gasteiger partial charge on any atom is -0.373 e. The average molecular weight is 377 g/mol. The molecule has 0 fully saturated rings. The van der Waals surface area contributed by atoms with Crippen molar-refractivity contribution in [3.05, 3.63) is 65.0 Å². The highest BCUT2D eigenvalue weighted by Crippen LogP contribution is 2.28. The van der Waals surface area contributed by atoms with Crippen molar-refractivity contribution in [2.75, 3.05) is 6.61 Å². The number of nitrogens with one attached hydrogen (secondary N) is 1. The van der Waals surface area contributed by atoms with Gasteiger partial charge in [-0.15, -0.1) is 0 Å². The third-order valence-electron chi connectivity index (χ3n) is 5.67. The number of benzene rings is 1. The molecule has 5 rings (SSSR count). The zero-order chi connectivity index (χ0) is 19.1. The van der Waals surface area contributed by atoms with Gasteiger partial charge in [0.25, 0.3) is 5.91 Å². The monoisotopic (exact) mass is 377 g/mol. The summed E-state index contributed by atoms with van der Waals surface area (Å²) in [6.45, 7) is 3.92. The van der Waals surface area contributed by atoms with Crippen LogP contribution < -0.4 is 5.32 Å². The number of hydrogen-bond donors (Lipinski definition) is 1. The summed E-state index contributed by atoms with van der Waals surface area (Å²) < 4.78 is 9.81. The molecule has 0 radical (unpaired) electrons. The van der Waals surface area contributed by atoms with Gasteiger partial charge in [-0.25, -0.2) is 9.67 Å². The molecule has 1 amide bonds. The first-order valence-electron chi connectivity index (χ1n) is 9.78. The normalized spacial score (nSPS) is 18.4. The molecule has 0 saturated heterocycles. The molecule has 7 nitrogen and oxygen atoms in total. The number of rotatable bonds is 3. The Morgan fingerprint density at radius 1 is 1.25 bits per heavy atom. The van der Waals surface area contributed by atoms with Crippen LogP contribution in [0.4, 0.5) is 0 Å². The van der Waals surface area contributed by atoms with Crippen molar-refractivity contribution in [1.82, 2.24) is 24.6 Å². The Morgan fingerprint density at radius 3 is 3.04 bits per heavy atom. The van der Waals surface area contributed by atoms with Crippen LogP contribution in [0.15, 0.2) is 36.8 Å². The van der Waals surface area contributed by atoms with E-state index in [0.29, 0.717) is 18.9 Å². The molecule has 0 unspecified atom stereocenters. The van der Waals surface area contributed by atoms with Gasteiger partial charge in [-0.3, -0.25) is 4.79 Å². The minimum atomic E-state index is -0.227. The molecule has 2 aliphatic rings. The molecular weight excluding hydrogens is 354 g/mol. The first-order chi connectivity index (χ1) is 13.7. The van der Waals surface area contributed by atoms with Crippen LogP contribution in [0.1, 0.15) is 51.9 Å². The van der Waals surface area contributed by atoms with E-state index in [4.69, 9.17) is 4.74 Å². The Kier molecular flexibility index (Phi) is 4.24. The highest BCUT2D eigenvalue weighted by atomic mass is 16.5. The van der Waals surface area contributed by atoms with Crippen molar-refractivity contribution in [3.63, 3.8) is 0 Å². The number of para-hydroxylation sites is 1. The Labute approximate surface area is 163 Å². The van der Waals surface area contributed by atoms with Gasteiger partial charge >= 0.3 is 0 Å². The van der Waals surface area contributed by atoms with Gasteiger partial charge in [0.05, 0.1) is 48.9 Å². The average Bonchev–Trinajstić information content (AvgIpc) is 3.33. The number of carbonyl (C=O) groups excluding carboxylic acids is 1. The first kappa shape index (κ1) is 17.2. The van der Waals surface area contributed by atoms with E-state index in [9.17, 15) is 4.79 Å². The van der Waals surface area contributed by atoms with Crippen LogP contribution in [0.5, 0.6) is 0 Å². The second-order valence-corrected chi connectivity index (χ2v) is 7.48. The van der Waals surface area contributed by atoms with E-state index in [1.807, 2.05) is 29.1 Å². The fraction of sp³-hybridized carbons (Fsp3) is 0.381. The van der Waals surface area contributed by atoms with Crippen molar-refractivity contribution in [3.8, 4) is 5.69 Å². The Morgan fingerprint density at radius 2 is 2.14 bits per heavy atom. The molecule has 1 aromatic carbocycles. The first-order valence-corrected chi connectivity index (χ1v) is 9.78. The predicted molar refractivity (Wildman–Crippen MR) is 103 cm³/mol. The summed E-state index contributed by atoms with van der Waals surface area (Å²) in [5.74, 6) is -0.138. The quantitative estimate of drug-likeness (QED) is 0.762. The van der Waals surface area contributed by atoms with E-state index in [2.05, 4.69) is 33.0 Å². The minimum absolute atomic E-state index is 0.138. The topological polar surface area (TPSA) is 74.0 Å². The summed E-state index contributed by atoms with van der Waals surface area (Å²) >= 11 is 0. The molecule has 0 bridgehead atoms. The predicted octanol–water partition coefficient (Wildman–Crippen LogP) is 2.71. The second-order valence-electron chi connectivity index (χ2n) is 7.48. The van der Waals surface area contributed by atoms with Gasteiger partial charge in [0, 0.05) is 12.1 Å². The molecule has 4 heterocycles. The molecule has 0 saturated carbocycles. The number of amides is 1. The zero-order valence-electron chi connectivity index (χ0n) is 15.9. The molecule has 3 aromatic rings. The number of carbonyl (C=O) groups is 1. The van der Waals surface area contributed by atoms with Crippen molar-refractivity contribution in [2.45, 2.75) is 45.4 Å². The summed E-state index contributed by atoms with van der Waals surface area (Å²) in [4.78, 5) is 17.3. The van der Waals surface area contributed by atoms with Crippen LogP contribution in [-0.2, 0) is 24.3 Å². The zero-order valence-corrected chi connectivity index (χ0v) is 15.9. The highest BCUT2D eigenvalue weighted by Gasteiger charge is 2.29. The maximum absolute atomic E-state index is 12.9. The van der Waals surface area contributed by atoms with Gasteiger partial charge in [0.1, 0.15) is 5.69 Å². The van der Waals surface area contributed by atoms with Crippen molar-refractivity contribution >= 4 is 5.91 Å². The van der Waals surface area contributed by atoms with E-state index >= 15 is 0 Å². The summed E-state index contributed by atoms with van der Waals surface area (Å²) in [6, 6.07) is 7.90. The molecule has 1 N–H and O–H groups in total. The lowest BCUT2D eigenvalue weighted by Gasteiger charge is -2.25. The lowest BCUT2D eigenvalue weighted by molar-refractivity contribution is 0.0684. The van der Waals surface area contributed by atoms with E-state index in [1.54, 1.807) is 6.33 Å². The molecule has 7 heteroatoms. The van der Waals surface area contributed by atoms with Crippen molar-refractivity contribution in [2.24, 2.45) is 0 Å². The summed E-state index contributed by atoms with van der Waals surface area (Å²) in [5.41, 5.74) is 5.75. The van der Waals surface area contributed by atoms with Crippen LogP contribution in [0.3, 0.4) is 0 Å². The molecule has 0 spiro atoms. The molecule has 0 aliphatic carbocycles. The number of nitrogens with zero attached hydrogens (tertiary/aromatic N) is 4. The summed E-state index contributed by atoms with van der Waals surface area (Å²) in [5, 5.41) is 7.70. The molecule has 2 aromatic heterocycles. The summed E-state index contributed by atoms with van der Waals surface area (Å²) in [7, 11) is 0. The number of aromatic nitrogens is 4. The SMILES string of the molecule is Cc1ccccc1-n1ncc2c1COC[C@H]2NC(=O)c1ncn2c1CCCC2.